The standard InChI is InChI=1S/C21H30F3NO8S/c1-7-30-18(26)17(31-13(2)3)11-14-8-9-16(33-34(28,29)21(22,23)24)15(10-14)12-25-19(27)32-20(4,5)6/h8-10,13,17H,7,11-12H2,1-6H3,(H,25,27). The van der Waals surface area contributed by atoms with E-state index in [1.165, 1.54) is 12.1 Å². The molecule has 1 atom stereocenters. The molecule has 0 saturated carbocycles. The van der Waals surface area contributed by atoms with E-state index in [-0.39, 0.29) is 24.7 Å². The zero-order chi connectivity index (χ0) is 26.3. The van der Waals surface area contributed by atoms with E-state index in [1.54, 1.807) is 41.5 Å². The van der Waals surface area contributed by atoms with Crippen LogP contribution in [-0.4, -0.2) is 50.4 Å². The number of amides is 1. The van der Waals surface area contributed by atoms with E-state index in [1.807, 2.05) is 0 Å². The number of hydrogen-bond acceptors (Lipinski definition) is 8. The minimum atomic E-state index is -5.96. The van der Waals surface area contributed by atoms with E-state index in [0.717, 1.165) is 6.07 Å². The quantitative estimate of drug-likeness (QED) is 0.285. The fourth-order valence-corrected chi connectivity index (χ4v) is 3.08. The SMILES string of the molecule is CCOC(=O)C(Cc1ccc(OS(=O)(=O)C(F)(F)F)c(CNC(=O)OC(C)(C)C)c1)OC(C)C. The van der Waals surface area contributed by atoms with E-state index >= 15 is 0 Å². The fraction of sp³-hybridized carbons (Fsp3) is 0.619. The van der Waals surface area contributed by atoms with Crippen molar-refractivity contribution in [1.29, 1.82) is 0 Å². The van der Waals surface area contributed by atoms with Gasteiger partial charge in [-0.15, -0.1) is 0 Å². The van der Waals surface area contributed by atoms with E-state index in [9.17, 15) is 31.2 Å². The highest BCUT2D eigenvalue weighted by atomic mass is 32.2. The van der Waals surface area contributed by atoms with Gasteiger partial charge in [0.1, 0.15) is 11.4 Å². The minimum Gasteiger partial charge on any atom is -0.464 e. The molecule has 1 unspecified atom stereocenters. The summed E-state index contributed by atoms with van der Waals surface area (Å²) in [6, 6.07) is 3.59. The van der Waals surface area contributed by atoms with Crippen LogP contribution in [0.2, 0.25) is 0 Å². The van der Waals surface area contributed by atoms with Gasteiger partial charge >= 0.3 is 27.7 Å². The molecule has 0 aromatic heterocycles. The smallest absolute Gasteiger partial charge is 0.464 e. The number of carbonyl (C=O) groups excluding carboxylic acids is 2. The summed E-state index contributed by atoms with van der Waals surface area (Å²) in [6.07, 6.45) is -2.25. The Morgan fingerprint density at radius 3 is 2.24 bits per heavy atom. The van der Waals surface area contributed by atoms with E-state index in [0.29, 0.717) is 5.56 Å². The zero-order valence-electron chi connectivity index (χ0n) is 19.8. The average molecular weight is 514 g/mol. The van der Waals surface area contributed by atoms with Crippen LogP contribution in [0.3, 0.4) is 0 Å². The lowest BCUT2D eigenvalue weighted by Crippen LogP contribution is -2.33. The van der Waals surface area contributed by atoms with Crippen LogP contribution in [-0.2, 0) is 42.1 Å². The normalized spacial score (nSPS) is 13.4. The van der Waals surface area contributed by atoms with Crippen LogP contribution < -0.4 is 9.50 Å². The number of hydrogen-bond donors (Lipinski definition) is 1. The predicted octanol–water partition coefficient (Wildman–Crippen LogP) is 3.84. The molecule has 0 spiro atoms. The van der Waals surface area contributed by atoms with Crippen molar-refractivity contribution in [2.24, 2.45) is 0 Å². The molecule has 0 aliphatic carbocycles. The number of ether oxygens (including phenoxy) is 3. The van der Waals surface area contributed by atoms with Crippen molar-refractivity contribution in [3.8, 4) is 5.75 Å². The maximum Gasteiger partial charge on any atom is 0.534 e. The third-order valence-corrected chi connectivity index (χ3v) is 4.80. The molecule has 34 heavy (non-hydrogen) atoms. The van der Waals surface area contributed by atoms with Crippen LogP contribution in [0.5, 0.6) is 5.75 Å². The minimum absolute atomic E-state index is 0.0250. The maximum atomic E-state index is 12.8. The molecule has 194 valence electrons. The van der Waals surface area contributed by atoms with Crippen LogP contribution in [0, 0.1) is 0 Å². The summed E-state index contributed by atoms with van der Waals surface area (Å²) in [6.45, 7) is 9.58. The molecule has 0 aliphatic rings. The molecular formula is C21H30F3NO8S. The lowest BCUT2D eigenvalue weighted by atomic mass is 10.0. The molecular weight excluding hydrogens is 483 g/mol. The Bertz CT molecular complexity index is 956. The van der Waals surface area contributed by atoms with Crippen molar-refractivity contribution in [2.75, 3.05) is 6.61 Å². The van der Waals surface area contributed by atoms with Gasteiger partial charge in [0.15, 0.2) is 6.10 Å². The van der Waals surface area contributed by atoms with Gasteiger partial charge in [-0.3, -0.25) is 0 Å². The Labute approximate surface area is 197 Å². The average Bonchev–Trinajstić information content (AvgIpc) is 2.64. The highest BCUT2D eigenvalue weighted by Crippen LogP contribution is 2.30. The zero-order valence-corrected chi connectivity index (χ0v) is 20.6. The highest BCUT2D eigenvalue weighted by Gasteiger charge is 2.48. The first-order chi connectivity index (χ1) is 15.4. The van der Waals surface area contributed by atoms with Gasteiger partial charge in [0.2, 0.25) is 0 Å². The van der Waals surface area contributed by atoms with Gasteiger partial charge in [-0.05, 0) is 53.2 Å². The van der Waals surface area contributed by atoms with Crippen LogP contribution in [0.1, 0.15) is 52.7 Å². The first-order valence-electron chi connectivity index (χ1n) is 10.4. The van der Waals surface area contributed by atoms with Gasteiger partial charge in [-0.1, -0.05) is 12.1 Å². The molecule has 0 aliphatic heterocycles. The van der Waals surface area contributed by atoms with Crippen LogP contribution >= 0.6 is 0 Å². The maximum absolute atomic E-state index is 12.8. The number of rotatable bonds is 10. The molecule has 1 N–H and O–H groups in total. The summed E-state index contributed by atoms with van der Waals surface area (Å²) in [5.74, 6) is -1.28. The van der Waals surface area contributed by atoms with Crippen LogP contribution in [0.4, 0.5) is 18.0 Å². The molecule has 1 rings (SSSR count). The second-order valence-electron chi connectivity index (χ2n) is 8.41. The molecule has 0 bridgehead atoms. The van der Waals surface area contributed by atoms with Crippen molar-refractivity contribution < 1.29 is 49.6 Å². The summed E-state index contributed by atoms with van der Waals surface area (Å²) in [7, 11) is -5.96. The van der Waals surface area contributed by atoms with Gasteiger partial charge in [0, 0.05) is 18.5 Å². The van der Waals surface area contributed by atoms with Crippen molar-refractivity contribution in [2.45, 2.75) is 77.8 Å². The number of alkyl carbamates (subject to hydrolysis) is 1. The van der Waals surface area contributed by atoms with Crippen molar-refractivity contribution in [3.05, 3.63) is 29.3 Å². The van der Waals surface area contributed by atoms with Gasteiger partial charge in [-0.2, -0.15) is 21.6 Å². The summed E-state index contributed by atoms with van der Waals surface area (Å²) < 4.78 is 81.4. The third-order valence-electron chi connectivity index (χ3n) is 3.84. The van der Waals surface area contributed by atoms with Crippen molar-refractivity contribution >= 4 is 22.2 Å². The van der Waals surface area contributed by atoms with Gasteiger partial charge in [0.05, 0.1) is 12.7 Å². The van der Waals surface area contributed by atoms with Crippen LogP contribution in [0.15, 0.2) is 18.2 Å². The molecule has 0 fully saturated rings. The second-order valence-corrected chi connectivity index (χ2v) is 9.95. The monoisotopic (exact) mass is 513 g/mol. The van der Waals surface area contributed by atoms with E-state index < -0.39 is 51.7 Å². The van der Waals surface area contributed by atoms with Crippen LogP contribution in [0.25, 0.3) is 0 Å². The van der Waals surface area contributed by atoms with Gasteiger partial charge in [0.25, 0.3) is 0 Å². The highest BCUT2D eigenvalue weighted by molar-refractivity contribution is 7.88. The van der Waals surface area contributed by atoms with Crippen molar-refractivity contribution in [3.63, 3.8) is 0 Å². The Hall–Kier alpha value is -2.54. The molecule has 1 amide bonds. The number of alkyl halides is 3. The van der Waals surface area contributed by atoms with Gasteiger partial charge < -0.3 is 23.7 Å². The molecule has 9 nitrogen and oxygen atoms in total. The Balaban J connectivity index is 3.27. The summed E-state index contributed by atoms with van der Waals surface area (Å²) in [4.78, 5) is 24.2. The molecule has 0 heterocycles. The number of carbonyl (C=O) groups is 2. The molecule has 1 aromatic carbocycles. The van der Waals surface area contributed by atoms with E-state index in [4.69, 9.17) is 14.2 Å². The topological polar surface area (TPSA) is 117 Å². The molecule has 0 radical (unpaired) electrons. The second kappa shape index (κ2) is 11.7. The summed E-state index contributed by atoms with van der Waals surface area (Å²) in [5.41, 5.74) is -6.19. The number of nitrogens with one attached hydrogen (secondary N) is 1. The lowest BCUT2D eigenvalue weighted by Gasteiger charge is -2.21. The van der Waals surface area contributed by atoms with Gasteiger partial charge in [-0.25, -0.2) is 9.59 Å². The number of benzene rings is 1. The van der Waals surface area contributed by atoms with E-state index in [2.05, 4.69) is 9.50 Å². The van der Waals surface area contributed by atoms with Crippen molar-refractivity contribution in [1.82, 2.24) is 5.32 Å². The number of esters is 1. The lowest BCUT2D eigenvalue weighted by molar-refractivity contribution is -0.159. The Kier molecular flexibility index (Phi) is 10.2. The first-order valence-corrected chi connectivity index (χ1v) is 11.8. The predicted molar refractivity (Wildman–Crippen MR) is 115 cm³/mol. The molecule has 0 saturated heterocycles. The Morgan fingerprint density at radius 1 is 1.12 bits per heavy atom. The summed E-state index contributed by atoms with van der Waals surface area (Å²) >= 11 is 0. The molecule has 13 heteroatoms. The Morgan fingerprint density at radius 2 is 1.74 bits per heavy atom. The largest absolute Gasteiger partial charge is 0.534 e. The summed E-state index contributed by atoms with van der Waals surface area (Å²) in [5, 5.41) is 2.34. The molecule has 1 aromatic rings. The first kappa shape index (κ1) is 29.5. The fourth-order valence-electron chi connectivity index (χ4n) is 2.59. The third kappa shape index (κ3) is 9.75. The number of halogens is 3.